The van der Waals surface area contributed by atoms with Gasteiger partial charge in [-0.15, -0.1) is 0 Å². The normalized spacial score (nSPS) is 15.7. The van der Waals surface area contributed by atoms with E-state index in [1.807, 2.05) is 37.3 Å². The number of carbonyl (C=O) groups excluding carboxylic acids is 2. The number of ether oxygens (including phenoxy) is 1. The lowest BCUT2D eigenvalue weighted by atomic mass is 10.1. The van der Waals surface area contributed by atoms with E-state index in [0.29, 0.717) is 29.0 Å². The monoisotopic (exact) mass is 482 g/mol. The summed E-state index contributed by atoms with van der Waals surface area (Å²) < 4.78 is 45.4. The second kappa shape index (κ2) is 10.2. The number of hydrogen-bond donors (Lipinski definition) is 1. The van der Waals surface area contributed by atoms with Crippen molar-refractivity contribution in [1.29, 1.82) is 0 Å². The number of anilines is 1. The molecule has 1 atom stereocenters. The number of rotatable bonds is 6. The van der Waals surface area contributed by atoms with Gasteiger partial charge in [0.2, 0.25) is 5.91 Å². The van der Waals surface area contributed by atoms with Crippen molar-refractivity contribution in [3.63, 3.8) is 0 Å². The Labute approximate surface area is 201 Å². The van der Waals surface area contributed by atoms with Crippen molar-refractivity contribution in [3.05, 3.63) is 95.1 Å². The molecule has 2 amide bonds. The Morgan fingerprint density at radius 3 is 2.49 bits per heavy atom. The number of amides is 2. The Morgan fingerprint density at radius 2 is 1.77 bits per heavy atom. The van der Waals surface area contributed by atoms with Gasteiger partial charge in [0, 0.05) is 24.3 Å². The number of fused-ring (bicyclic) bond motifs is 1. The third kappa shape index (κ3) is 6.01. The summed E-state index contributed by atoms with van der Waals surface area (Å²) in [6.45, 7) is 1.96. The van der Waals surface area contributed by atoms with Crippen LogP contribution < -0.4 is 10.1 Å². The molecule has 0 radical (unpaired) electrons. The first kappa shape index (κ1) is 24.3. The highest BCUT2D eigenvalue weighted by molar-refractivity contribution is 5.92. The topological polar surface area (TPSA) is 58.6 Å². The molecule has 0 saturated heterocycles. The molecule has 5 nitrogen and oxygen atoms in total. The molecule has 0 saturated carbocycles. The van der Waals surface area contributed by atoms with E-state index in [-0.39, 0.29) is 31.3 Å². The molecule has 0 unspecified atom stereocenters. The van der Waals surface area contributed by atoms with Gasteiger partial charge in [-0.25, -0.2) is 0 Å². The van der Waals surface area contributed by atoms with Crippen LogP contribution in [0.15, 0.2) is 72.8 Å². The fourth-order valence-electron chi connectivity index (χ4n) is 4.03. The van der Waals surface area contributed by atoms with Gasteiger partial charge < -0.3 is 15.0 Å². The molecule has 0 aromatic heterocycles. The molecule has 3 aromatic carbocycles. The average Bonchev–Trinajstić information content (AvgIpc) is 2.95. The summed E-state index contributed by atoms with van der Waals surface area (Å²) in [7, 11) is 0. The predicted molar refractivity (Wildman–Crippen MR) is 126 cm³/mol. The molecule has 182 valence electrons. The minimum Gasteiger partial charge on any atom is -0.480 e. The highest BCUT2D eigenvalue weighted by atomic mass is 19.4. The zero-order chi connectivity index (χ0) is 25.0. The van der Waals surface area contributed by atoms with Crippen molar-refractivity contribution < 1.29 is 27.5 Å². The number of halogens is 3. The molecule has 1 aliphatic heterocycles. The van der Waals surface area contributed by atoms with Crippen molar-refractivity contribution in [1.82, 2.24) is 4.90 Å². The first-order valence-corrected chi connectivity index (χ1v) is 11.3. The Hall–Kier alpha value is -3.81. The van der Waals surface area contributed by atoms with E-state index in [9.17, 15) is 22.8 Å². The Morgan fingerprint density at radius 1 is 1.03 bits per heavy atom. The highest BCUT2D eigenvalue weighted by Crippen LogP contribution is 2.32. The van der Waals surface area contributed by atoms with Gasteiger partial charge in [0.25, 0.3) is 5.91 Å². The molecule has 3 aromatic rings. The van der Waals surface area contributed by atoms with Crippen molar-refractivity contribution in [2.24, 2.45) is 0 Å². The molecule has 8 heteroatoms. The Bertz CT molecular complexity index is 1210. The van der Waals surface area contributed by atoms with E-state index in [1.54, 1.807) is 24.3 Å². The number of carbonyl (C=O) groups is 2. The number of nitrogens with zero attached hydrogens (tertiary/aromatic N) is 1. The van der Waals surface area contributed by atoms with E-state index in [2.05, 4.69) is 5.32 Å². The smallest absolute Gasteiger partial charge is 0.416 e. The number of hydrogen-bond acceptors (Lipinski definition) is 3. The largest absolute Gasteiger partial charge is 0.480 e. The lowest BCUT2D eigenvalue weighted by Gasteiger charge is -2.23. The summed E-state index contributed by atoms with van der Waals surface area (Å²) in [5.74, 6) is 0.0302. The van der Waals surface area contributed by atoms with Gasteiger partial charge in [0.15, 0.2) is 6.10 Å². The third-order valence-corrected chi connectivity index (χ3v) is 5.77. The second-order valence-corrected chi connectivity index (χ2v) is 8.44. The predicted octanol–water partition coefficient (Wildman–Crippen LogP) is 5.59. The summed E-state index contributed by atoms with van der Waals surface area (Å²) in [5.41, 5.74) is 1.71. The van der Waals surface area contributed by atoms with Gasteiger partial charge in [-0.3, -0.25) is 9.59 Å². The van der Waals surface area contributed by atoms with E-state index < -0.39 is 17.8 Å². The fourth-order valence-corrected chi connectivity index (χ4v) is 4.03. The first-order valence-electron chi connectivity index (χ1n) is 11.3. The molecule has 35 heavy (non-hydrogen) atoms. The number of alkyl halides is 3. The summed E-state index contributed by atoms with van der Waals surface area (Å²) >= 11 is 0. The summed E-state index contributed by atoms with van der Waals surface area (Å²) in [4.78, 5) is 27.1. The van der Waals surface area contributed by atoms with Crippen LogP contribution >= 0.6 is 0 Å². The minimum atomic E-state index is -4.46. The van der Waals surface area contributed by atoms with Crippen LogP contribution in [-0.4, -0.2) is 22.8 Å². The van der Waals surface area contributed by atoms with Gasteiger partial charge in [-0.05, 0) is 47.9 Å². The summed E-state index contributed by atoms with van der Waals surface area (Å²) in [6.07, 6.45) is -4.59. The van der Waals surface area contributed by atoms with Crippen LogP contribution in [0, 0.1) is 0 Å². The van der Waals surface area contributed by atoms with Crippen molar-refractivity contribution in [2.75, 3.05) is 5.32 Å². The minimum absolute atomic E-state index is 0.00659. The van der Waals surface area contributed by atoms with Gasteiger partial charge in [0.05, 0.1) is 12.0 Å². The summed E-state index contributed by atoms with van der Waals surface area (Å²) in [6, 6.07) is 19.5. The first-order chi connectivity index (χ1) is 16.7. The fraction of sp³-hybridized carbons (Fsp3) is 0.259. The van der Waals surface area contributed by atoms with Crippen LogP contribution in [0.5, 0.6) is 5.75 Å². The van der Waals surface area contributed by atoms with Gasteiger partial charge >= 0.3 is 6.18 Å². The molecule has 0 bridgehead atoms. The van der Waals surface area contributed by atoms with Crippen molar-refractivity contribution in [2.45, 2.75) is 45.1 Å². The highest BCUT2D eigenvalue weighted by Gasteiger charge is 2.32. The Kier molecular flexibility index (Phi) is 7.10. The number of nitrogens with one attached hydrogen (secondary N) is 1. The quantitative estimate of drug-likeness (QED) is 0.499. The van der Waals surface area contributed by atoms with E-state index in [0.717, 1.165) is 17.7 Å². The van der Waals surface area contributed by atoms with Crippen LogP contribution in [0.4, 0.5) is 18.9 Å². The SMILES string of the molecule is CC[C@@H]1Oc2ccc(NC(=O)Cc3ccccc3)cc2CN(Cc2cccc(C(F)(F)F)c2)C1=O. The van der Waals surface area contributed by atoms with Gasteiger partial charge in [0.1, 0.15) is 5.75 Å². The number of benzene rings is 3. The van der Waals surface area contributed by atoms with E-state index in [4.69, 9.17) is 4.74 Å². The van der Waals surface area contributed by atoms with Crippen LogP contribution in [0.1, 0.15) is 35.6 Å². The van der Waals surface area contributed by atoms with E-state index >= 15 is 0 Å². The molecular weight excluding hydrogens is 457 g/mol. The molecule has 1 aliphatic rings. The maximum Gasteiger partial charge on any atom is 0.416 e. The maximum atomic E-state index is 13.2. The van der Waals surface area contributed by atoms with Gasteiger partial charge in [-0.1, -0.05) is 49.4 Å². The van der Waals surface area contributed by atoms with Crippen LogP contribution in [0.25, 0.3) is 0 Å². The average molecular weight is 483 g/mol. The Balaban J connectivity index is 1.55. The zero-order valence-corrected chi connectivity index (χ0v) is 19.1. The van der Waals surface area contributed by atoms with Crippen molar-refractivity contribution in [3.8, 4) is 5.75 Å². The zero-order valence-electron chi connectivity index (χ0n) is 19.1. The molecule has 1 heterocycles. The van der Waals surface area contributed by atoms with Crippen LogP contribution in [-0.2, 0) is 35.3 Å². The van der Waals surface area contributed by atoms with Crippen LogP contribution in [0.2, 0.25) is 0 Å². The third-order valence-electron chi connectivity index (χ3n) is 5.77. The molecule has 0 aliphatic carbocycles. The second-order valence-electron chi connectivity index (χ2n) is 8.44. The summed E-state index contributed by atoms with van der Waals surface area (Å²) in [5, 5.41) is 2.86. The molecular formula is C27H25F3N2O3. The van der Waals surface area contributed by atoms with Crippen molar-refractivity contribution >= 4 is 17.5 Å². The maximum absolute atomic E-state index is 13.2. The molecule has 0 fully saturated rings. The van der Waals surface area contributed by atoms with Gasteiger partial charge in [-0.2, -0.15) is 13.2 Å². The standard InChI is InChI=1S/C27H25F3N2O3/c1-2-23-26(34)32(16-19-9-6-10-21(13-19)27(28,29)30)17-20-15-22(11-12-24(20)35-23)31-25(33)14-18-7-4-3-5-8-18/h3-13,15,23H,2,14,16-17H2,1H3,(H,31,33)/t23-/m0/s1. The molecule has 4 rings (SSSR count). The lowest BCUT2D eigenvalue weighted by molar-refractivity contribution is -0.139. The molecule has 0 spiro atoms. The lowest BCUT2D eigenvalue weighted by Crippen LogP contribution is -2.38. The van der Waals surface area contributed by atoms with E-state index in [1.165, 1.54) is 11.0 Å². The molecule has 1 N–H and O–H groups in total. The van der Waals surface area contributed by atoms with Crippen LogP contribution in [0.3, 0.4) is 0 Å².